The summed E-state index contributed by atoms with van der Waals surface area (Å²) in [5.74, 6) is -0.861. The first-order chi connectivity index (χ1) is 19.9. The summed E-state index contributed by atoms with van der Waals surface area (Å²) in [6.07, 6.45) is 2.93. The van der Waals surface area contributed by atoms with Crippen LogP contribution in [0, 0.1) is 6.92 Å². The van der Waals surface area contributed by atoms with Crippen LogP contribution in [0.1, 0.15) is 44.7 Å². The molecule has 0 spiro atoms. The number of rotatable bonds is 13. The van der Waals surface area contributed by atoms with Crippen LogP contribution in [0.5, 0.6) is 0 Å². The maximum atomic E-state index is 14.2. The Labute approximate surface area is 263 Å². The number of sulfonamides is 1. The van der Waals surface area contributed by atoms with Crippen LogP contribution in [0.4, 0.5) is 5.69 Å². The van der Waals surface area contributed by atoms with E-state index in [2.05, 4.69) is 5.32 Å². The van der Waals surface area contributed by atoms with Crippen molar-refractivity contribution in [2.45, 2.75) is 69.0 Å². The van der Waals surface area contributed by atoms with E-state index in [1.165, 1.54) is 28.8 Å². The highest BCUT2D eigenvalue weighted by Crippen LogP contribution is 2.28. The number of benzene rings is 3. The highest BCUT2D eigenvalue weighted by Gasteiger charge is 2.34. The zero-order chi connectivity index (χ0) is 31.0. The van der Waals surface area contributed by atoms with Gasteiger partial charge in [0, 0.05) is 27.5 Å². The molecule has 1 N–H and O–H groups in total. The van der Waals surface area contributed by atoms with E-state index in [1.807, 2.05) is 34.0 Å². The van der Waals surface area contributed by atoms with E-state index in [-0.39, 0.29) is 23.4 Å². The number of halogens is 2. The average molecular weight is 651 g/mol. The van der Waals surface area contributed by atoms with Crippen molar-refractivity contribution in [1.82, 2.24) is 10.2 Å². The third kappa shape index (κ3) is 8.43. The molecular weight excluding hydrogens is 613 g/mol. The van der Waals surface area contributed by atoms with Crippen LogP contribution in [0.3, 0.4) is 0 Å². The van der Waals surface area contributed by atoms with Gasteiger partial charge in [0.05, 0.1) is 10.6 Å². The van der Waals surface area contributed by atoms with E-state index in [0.29, 0.717) is 34.1 Å². The van der Waals surface area contributed by atoms with Crippen molar-refractivity contribution in [2.75, 3.05) is 17.1 Å². The van der Waals surface area contributed by atoms with E-state index < -0.39 is 28.5 Å². The van der Waals surface area contributed by atoms with Crippen molar-refractivity contribution in [1.29, 1.82) is 0 Å². The minimum atomic E-state index is -4.15. The van der Waals surface area contributed by atoms with Crippen molar-refractivity contribution >= 4 is 62.5 Å². The monoisotopic (exact) mass is 649 g/mol. The lowest BCUT2D eigenvalue weighted by Gasteiger charge is -2.34. The van der Waals surface area contributed by atoms with E-state index >= 15 is 0 Å². The predicted molar refractivity (Wildman–Crippen MR) is 173 cm³/mol. The predicted octanol–water partition coefficient (Wildman–Crippen LogP) is 6.94. The van der Waals surface area contributed by atoms with Gasteiger partial charge in [0.15, 0.2) is 0 Å². The molecule has 7 nitrogen and oxygen atoms in total. The van der Waals surface area contributed by atoms with Crippen molar-refractivity contribution in [3.63, 3.8) is 0 Å². The summed E-state index contributed by atoms with van der Waals surface area (Å²) in [5, 5.41) is 3.74. The van der Waals surface area contributed by atoms with E-state index in [1.54, 1.807) is 54.6 Å². The quantitative estimate of drug-likeness (QED) is 0.203. The average Bonchev–Trinajstić information content (AvgIpc) is 2.97. The Bertz CT molecular complexity index is 1480. The summed E-state index contributed by atoms with van der Waals surface area (Å²) in [7, 11) is -4.15. The number of aryl methyl sites for hydroxylation is 1. The SMILES string of the molecule is CCC(C)NC(=O)C(CC)N(Cc1ccc(Cl)cc1Cl)C(=O)CN(c1ccc(C)cc1)S(=O)(=O)c1ccc(SC)cc1. The highest BCUT2D eigenvalue weighted by molar-refractivity contribution is 7.98. The second kappa shape index (κ2) is 15.1. The third-order valence-corrected chi connectivity index (χ3v) is 10.1. The molecule has 226 valence electrons. The Morgan fingerprint density at radius 3 is 2.14 bits per heavy atom. The molecule has 0 saturated carbocycles. The van der Waals surface area contributed by atoms with Gasteiger partial charge in [0.1, 0.15) is 12.6 Å². The highest BCUT2D eigenvalue weighted by atomic mass is 35.5. The Hall–Kier alpha value is -2.72. The summed E-state index contributed by atoms with van der Waals surface area (Å²) in [5.41, 5.74) is 1.87. The number of thioether (sulfide) groups is 1. The molecule has 0 saturated heterocycles. The maximum Gasteiger partial charge on any atom is 0.264 e. The summed E-state index contributed by atoms with van der Waals surface area (Å²) in [4.78, 5) is 30.0. The number of hydrogen-bond donors (Lipinski definition) is 1. The first-order valence-electron chi connectivity index (χ1n) is 13.7. The maximum absolute atomic E-state index is 14.2. The Morgan fingerprint density at radius 1 is 0.952 bits per heavy atom. The second-order valence-corrected chi connectivity index (χ2v) is 13.6. The molecule has 11 heteroatoms. The first-order valence-corrected chi connectivity index (χ1v) is 17.1. The van der Waals surface area contributed by atoms with Crippen LogP contribution < -0.4 is 9.62 Å². The molecule has 0 aromatic heterocycles. The molecule has 3 aromatic carbocycles. The Kier molecular flexibility index (Phi) is 12.2. The van der Waals surface area contributed by atoms with Gasteiger partial charge in [-0.2, -0.15) is 0 Å². The van der Waals surface area contributed by atoms with E-state index in [0.717, 1.165) is 14.8 Å². The van der Waals surface area contributed by atoms with Gasteiger partial charge in [-0.1, -0.05) is 60.8 Å². The molecule has 2 unspecified atom stereocenters. The van der Waals surface area contributed by atoms with Gasteiger partial charge in [-0.3, -0.25) is 13.9 Å². The molecule has 3 rings (SSSR count). The molecule has 42 heavy (non-hydrogen) atoms. The van der Waals surface area contributed by atoms with Gasteiger partial charge in [0.25, 0.3) is 10.0 Å². The number of amides is 2. The molecule has 0 aliphatic carbocycles. The first kappa shape index (κ1) is 33.8. The van der Waals surface area contributed by atoms with E-state index in [4.69, 9.17) is 23.2 Å². The molecule has 0 bridgehead atoms. The lowest BCUT2D eigenvalue weighted by molar-refractivity contribution is -0.140. The summed E-state index contributed by atoms with van der Waals surface area (Å²) in [6, 6.07) is 17.4. The van der Waals surface area contributed by atoms with Gasteiger partial charge >= 0.3 is 0 Å². The fourth-order valence-corrected chi connectivity index (χ4v) is 6.60. The summed E-state index contributed by atoms with van der Waals surface area (Å²) < 4.78 is 29.1. The van der Waals surface area contributed by atoms with Crippen LogP contribution in [0.15, 0.2) is 76.5 Å². The van der Waals surface area contributed by atoms with Crippen molar-refractivity contribution in [3.8, 4) is 0 Å². The van der Waals surface area contributed by atoms with Crippen LogP contribution in [-0.2, 0) is 26.2 Å². The number of nitrogens with zero attached hydrogens (tertiary/aromatic N) is 2. The van der Waals surface area contributed by atoms with Crippen LogP contribution >= 0.6 is 35.0 Å². The molecule has 2 atom stereocenters. The normalized spacial score (nSPS) is 12.8. The van der Waals surface area contributed by atoms with E-state index in [9.17, 15) is 18.0 Å². The Balaban J connectivity index is 2.08. The number of carbonyl (C=O) groups excluding carboxylic acids is 2. The van der Waals surface area contributed by atoms with Crippen LogP contribution in [0.2, 0.25) is 10.0 Å². The van der Waals surface area contributed by atoms with Crippen LogP contribution in [0.25, 0.3) is 0 Å². The Morgan fingerprint density at radius 2 is 1.60 bits per heavy atom. The van der Waals surface area contributed by atoms with Gasteiger partial charge in [0.2, 0.25) is 11.8 Å². The minimum absolute atomic E-state index is 0.00846. The van der Waals surface area contributed by atoms with Gasteiger partial charge in [-0.15, -0.1) is 11.8 Å². The van der Waals surface area contributed by atoms with Gasteiger partial charge in [-0.25, -0.2) is 8.42 Å². The fraction of sp³-hybridized carbons (Fsp3) is 0.355. The topological polar surface area (TPSA) is 86.8 Å². The zero-order valence-corrected chi connectivity index (χ0v) is 27.6. The second-order valence-electron chi connectivity index (χ2n) is 10.0. The summed E-state index contributed by atoms with van der Waals surface area (Å²) in [6.45, 7) is 7.03. The smallest absolute Gasteiger partial charge is 0.264 e. The molecule has 0 fully saturated rings. The zero-order valence-electron chi connectivity index (χ0n) is 24.4. The molecule has 0 heterocycles. The van der Waals surface area contributed by atoms with Crippen LogP contribution in [-0.4, -0.2) is 50.0 Å². The third-order valence-electron chi connectivity index (χ3n) is 6.99. The molecule has 2 amide bonds. The minimum Gasteiger partial charge on any atom is -0.352 e. The van der Waals surface area contributed by atoms with Gasteiger partial charge < -0.3 is 10.2 Å². The lowest BCUT2D eigenvalue weighted by atomic mass is 10.1. The molecular formula is C31H37Cl2N3O4S2. The number of anilines is 1. The lowest BCUT2D eigenvalue weighted by Crippen LogP contribution is -2.53. The number of nitrogens with one attached hydrogen (secondary N) is 1. The largest absolute Gasteiger partial charge is 0.352 e. The molecule has 0 radical (unpaired) electrons. The number of carbonyl (C=O) groups is 2. The van der Waals surface area contributed by atoms with Crippen molar-refractivity contribution in [2.24, 2.45) is 0 Å². The van der Waals surface area contributed by atoms with Crippen molar-refractivity contribution in [3.05, 3.63) is 87.9 Å². The van der Waals surface area contributed by atoms with Gasteiger partial charge in [-0.05, 0) is 87.0 Å². The number of hydrogen-bond acceptors (Lipinski definition) is 5. The molecule has 3 aromatic rings. The van der Waals surface area contributed by atoms with Crippen molar-refractivity contribution < 1.29 is 18.0 Å². The molecule has 0 aliphatic rings. The molecule has 0 aliphatic heterocycles. The fourth-order valence-electron chi connectivity index (χ4n) is 4.31. The standard InChI is InChI=1S/C31H37Cl2N3O4S2/c1-6-22(4)34-31(38)29(7-2)35(19-23-10-11-24(32)18-28(23)33)30(37)20-36(25-12-8-21(3)9-13-25)42(39,40)27-16-14-26(41-5)15-17-27/h8-18,22,29H,6-7,19-20H2,1-5H3,(H,34,38). The summed E-state index contributed by atoms with van der Waals surface area (Å²) >= 11 is 14.1.